The minimum Gasteiger partial charge on any atom is -0.382 e. The van der Waals surface area contributed by atoms with Crippen molar-refractivity contribution in [2.75, 3.05) is 29.6 Å². The van der Waals surface area contributed by atoms with Crippen LogP contribution >= 0.6 is 23.3 Å². The number of aromatic nitrogens is 1. The second-order valence-corrected chi connectivity index (χ2v) is 7.11. The molecule has 0 aromatic carbocycles. The molecule has 0 bridgehead atoms. The van der Waals surface area contributed by atoms with Crippen molar-refractivity contribution < 1.29 is 4.79 Å². The number of thioether (sulfide) groups is 1. The molecule has 1 aliphatic carbocycles. The number of unbranched alkanes of at least 4 members (excludes halogenated alkanes) is 3. The first-order chi connectivity index (χ1) is 10.2. The van der Waals surface area contributed by atoms with Crippen LogP contribution in [0.15, 0.2) is 0 Å². The standard InChI is InChI=1S/C14H24N4OS2/c1-20-9-5-3-2-4-8-16-14-11(12(15)18-21-14)13(19)17-10-6-7-10/h10,16H,2-9H2,1H3,(H2,15,18)(H,17,19). The first-order valence-corrected chi connectivity index (χ1v) is 9.68. The Morgan fingerprint density at radius 3 is 2.86 bits per heavy atom. The molecule has 2 rings (SSSR count). The molecule has 1 fully saturated rings. The predicted octanol–water partition coefficient (Wildman–Crippen LogP) is 2.95. The molecule has 0 spiro atoms. The van der Waals surface area contributed by atoms with Gasteiger partial charge in [-0.25, -0.2) is 0 Å². The number of nitrogens with one attached hydrogen (secondary N) is 2. The number of carbonyl (C=O) groups is 1. The maximum absolute atomic E-state index is 12.1. The molecule has 118 valence electrons. The summed E-state index contributed by atoms with van der Waals surface area (Å²) in [6, 6.07) is 0.334. The van der Waals surface area contributed by atoms with Crippen LogP contribution in [0.4, 0.5) is 10.8 Å². The number of anilines is 2. The second-order valence-electron chi connectivity index (χ2n) is 5.35. The fourth-order valence-electron chi connectivity index (χ4n) is 2.05. The molecular weight excluding hydrogens is 304 g/mol. The van der Waals surface area contributed by atoms with Crippen molar-refractivity contribution in [2.24, 2.45) is 0 Å². The summed E-state index contributed by atoms with van der Waals surface area (Å²) in [5, 5.41) is 7.08. The third-order valence-corrected chi connectivity index (χ3v) is 4.93. The smallest absolute Gasteiger partial charge is 0.258 e. The average Bonchev–Trinajstić information content (AvgIpc) is 3.19. The monoisotopic (exact) mass is 328 g/mol. The van der Waals surface area contributed by atoms with Gasteiger partial charge in [0.1, 0.15) is 10.6 Å². The molecular formula is C14H24N4OS2. The normalized spacial score (nSPS) is 14.1. The Morgan fingerprint density at radius 1 is 1.38 bits per heavy atom. The predicted molar refractivity (Wildman–Crippen MR) is 92.4 cm³/mol. The van der Waals surface area contributed by atoms with E-state index in [0.717, 1.165) is 30.8 Å². The number of nitrogens with zero attached hydrogens (tertiary/aromatic N) is 1. The fraction of sp³-hybridized carbons (Fsp3) is 0.714. The highest BCUT2D eigenvalue weighted by molar-refractivity contribution is 7.98. The highest BCUT2D eigenvalue weighted by Gasteiger charge is 2.27. The lowest BCUT2D eigenvalue weighted by Gasteiger charge is -2.07. The van der Waals surface area contributed by atoms with Gasteiger partial charge in [0.25, 0.3) is 5.91 Å². The van der Waals surface area contributed by atoms with E-state index >= 15 is 0 Å². The van der Waals surface area contributed by atoms with Crippen LogP contribution < -0.4 is 16.4 Å². The van der Waals surface area contributed by atoms with E-state index in [1.54, 1.807) is 0 Å². The van der Waals surface area contributed by atoms with E-state index in [1.165, 1.54) is 36.5 Å². The van der Waals surface area contributed by atoms with Gasteiger partial charge in [-0.3, -0.25) is 4.79 Å². The number of hydrogen-bond acceptors (Lipinski definition) is 6. The highest BCUT2D eigenvalue weighted by Crippen LogP contribution is 2.28. The van der Waals surface area contributed by atoms with Crippen LogP contribution in [-0.4, -0.2) is 34.9 Å². The zero-order chi connectivity index (χ0) is 15.1. The van der Waals surface area contributed by atoms with Crippen molar-refractivity contribution in [2.45, 2.75) is 44.6 Å². The number of nitrogens with two attached hydrogens (primary N) is 1. The lowest BCUT2D eigenvalue weighted by molar-refractivity contribution is 0.0953. The van der Waals surface area contributed by atoms with E-state index in [4.69, 9.17) is 5.73 Å². The molecule has 1 aromatic rings. The topological polar surface area (TPSA) is 80.0 Å². The third kappa shape index (κ3) is 5.39. The van der Waals surface area contributed by atoms with E-state index < -0.39 is 0 Å². The van der Waals surface area contributed by atoms with Gasteiger partial charge in [-0.2, -0.15) is 16.1 Å². The van der Waals surface area contributed by atoms with Gasteiger partial charge < -0.3 is 16.4 Å². The van der Waals surface area contributed by atoms with Crippen molar-refractivity contribution in [3.8, 4) is 0 Å². The fourth-order valence-corrected chi connectivity index (χ4v) is 3.28. The number of amides is 1. The number of nitrogen functional groups attached to an aromatic ring is 1. The van der Waals surface area contributed by atoms with Gasteiger partial charge in [0.2, 0.25) is 0 Å². The summed E-state index contributed by atoms with van der Waals surface area (Å²) in [5.74, 6) is 1.48. The van der Waals surface area contributed by atoms with Crippen LogP contribution in [0, 0.1) is 0 Å². The number of carbonyl (C=O) groups excluding carboxylic acids is 1. The van der Waals surface area contributed by atoms with Crippen molar-refractivity contribution in [1.29, 1.82) is 0 Å². The Balaban J connectivity index is 1.73. The highest BCUT2D eigenvalue weighted by atomic mass is 32.2. The Kier molecular flexibility index (Phi) is 6.63. The second kappa shape index (κ2) is 8.48. The molecule has 0 saturated heterocycles. The number of hydrogen-bond donors (Lipinski definition) is 3. The quantitative estimate of drug-likeness (QED) is 0.575. The Hall–Kier alpha value is -0.950. The largest absolute Gasteiger partial charge is 0.382 e. The van der Waals surface area contributed by atoms with Crippen LogP contribution in [0.2, 0.25) is 0 Å². The first kappa shape index (κ1) is 16.4. The van der Waals surface area contributed by atoms with Crippen LogP contribution in [0.3, 0.4) is 0 Å². The van der Waals surface area contributed by atoms with Crippen molar-refractivity contribution in [1.82, 2.24) is 9.69 Å². The third-order valence-electron chi connectivity index (χ3n) is 3.42. The lowest BCUT2D eigenvalue weighted by atomic mass is 10.2. The van der Waals surface area contributed by atoms with Gasteiger partial charge in [0.05, 0.1) is 0 Å². The summed E-state index contributed by atoms with van der Waals surface area (Å²) in [4.78, 5) is 12.1. The molecule has 7 heteroatoms. The maximum atomic E-state index is 12.1. The minimum atomic E-state index is -0.0915. The SMILES string of the molecule is CSCCCCCCNc1snc(N)c1C(=O)NC1CC1. The summed E-state index contributed by atoms with van der Waals surface area (Å²) in [5.41, 5.74) is 6.34. The number of rotatable bonds is 10. The van der Waals surface area contributed by atoms with Gasteiger partial charge in [-0.15, -0.1) is 0 Å². The summed E-state index contributed by atoms with van der Waals surface area (Å²) >= 11 is 3.17. The molecule has 21 heavy (non-hydrogen) atoms. The van der Waals surface area contributed by atoms with Crippen LogP contribution in [-0.2, 0) is 0 Å². The zero-order valence-corrected chi connectivity index (χ0v) is 14.1. The molecule has 1 aromatic heterocycles. The van der Waals surface area contributed by atoms with E-state index in [-0.39, 0.29) is 5.91 Å². The Labute approximate surface area is 134 Å². The molecule has 5 nitrogen and oxygen atoms in total. The molecule has 0 unspecified atom stereocenters. The van der Waals surface area contributed by atoms with Gasteiger partial charge in [0.15, 0.2) is 5.82 Å². The van der Waals surface area contributed by atoms with Gasteiger partial charge in [-0.1, -0.05) is 12.8 Å². The molecule has 1 heterocycles. The average molecular weight is 329 g/mol. The van der Waals surface area contributed by atoms with Crippen molar-refractivity contribution in [3.05, 3.63) is 5.56 Å². The molecule has 0 aliphatic heterocycles. The first-order valence-electron chi connectivity index (χ1n) is 7.51. The van der Waals surface area contributed by atoms with Crippen LogP contribution in [0.5, 0.6) is 0 Å². The van der Waals surface area contributed by atoms with E-state index in [9.17, 15) is 4.79 Å². The van der Waals surface area contributed by atoms with Crippen molar-refractivity contribution >= 4 is 40.0 Å². The zero-order valence-electron chi connectivity index (χ0n) is 12.5. The van der Waals surface area contributed by atoms with E-state index in [2.05, 4.69) is 21.3 Å². The molecule has 0 radical (unpaired) electrons. The molecule has 1 amide bonds. The minimum absolute atomic E-state index is 0.0915. The van der Waals surface area contributed by atoms with Crippen LogP contribution in [0.1, 0.15) is 48.9 Å². The Morgan fingerprint density at radius 2 is 2.14 bits per heavy atom. The van der Waals surface area contributed by atoms with E-state index in [1.807, 2.05) is 11.8 Å². The molecule has 1 aliphatic rings. The molecule has 0 atom stereocenters. The van der Waals surface area contributed by atoms with Crippen molar-refractivity contribution in [3.63, 3.8) is 0 Å². The van der Waals surface area contributed by atoms with Gasteiger partial charge in [-0.05, 0) is 49.2 Å². The lowest BCUT2D eigenvalue weighted by Crippen LogP contribution is -2.26. The molecule has 1 saturated carbocycles. The van der Waals surface area contributed by atoms with Gasteiger partial charge in [0, 0.05) is 12.6 Å². The summed E-state index contributed by atoms with van der Waals surface area (Å²) in [6.07, 6.45) is 9.15. The van der Waals surface area contributed by atoms with Crippen LogP contribution in [0.25, 0.3) is 0 Å². The maximum Gasteiger partial charge on any atom is 0.258 e. The Bertz CT molecular complexity index is 460. The van der Waals surface area contributed by atoms with Gasteiger partial charge >= 0.3 is 0 Å². The summed E-state index contributed by atoms with van der Waals surface area (Å²) < 4.78 is 4.10. The van der Waals surface area contributed by atoms with E-state index in [0.29, 0.717) is 17.4 Å². The molecule has 4 N–H and O–H groups in total. The summed E-state index contributed by atoms with van der Waals surface area (Å²) in [6.45, 7) is 0.866. The summed E-state index contributed by atoms with van der Waals surface area (Å²) in [7, 11) is 0.